The van der Waals surface area contributed by atoms with Crippen molar-refractivity contribution in [2.75, 3.05) is 19.6 Å². The Balaban J connectivity index is 1.42. The van der Waals surface area contributed by atoms with Crippen LogP contribution in [0.1, 0.15) is 49.3 Å². The second kappa shape index (κ2) is 9.57. The van der Waals surface area contributed by atoms with Crippen molar-refractivity contribution in [1.82, 2.24) is 15.1 Å². The Hall–Kier alpha value is -3.22. The third kappa shape index (κ3) is 4.69. The highest BCUT2D eigenvalue weighted by atomic mass is 19.1. The fourth-order valence-electron chi connectivity index (χ4n) is 4.99. The molecule has 0 aromatic heterocycles. The molecule has 0 bridgehead atoms. The van der Waals surface area contributed by atoms with E-state index in [4.69, 9.17) is 0 Å². The van der Waals surface area contributed by atoms with Crippen LogP contribution in [0.5, 0.6) is 0 Å². The van der Waals surface area contributed by atoms with Crippen LogP contribution in [0.25, 0.3) is 5.57 Å². The molecule has 2 atom stereocenters. The van der Waals surface area contributed by atoms with Gasteiger partial charge in [-0.25, -0.2) is 13.6 Å². The molecule has 3 amide bonds. The zero-order valence-electron chi connectivity index (χ0n) is 19.1. The molecule has 5 nitrogen and oxygen atoms in total. The number of piperidine rings is 1. The van der Waals surface area contributed by atoms with Gasteiger partial charge in [0.05, 0.1) is 6.04 Å². The van der Waals surface area contributed by atoms with Crippen molar-refractivity contribution in [3.8, 4) is 0 Å². The maximum Gasteiger partial charge on any atom is 0.318 e. The zero-order chi connectivity index (χ0) is 23.7. The third-order valence-corrected chi connectivity index (χ3v) is 7.02. The van der Waals surface area contributed by atoms with Crippen molar-refractivity contribution >= 4 is 17.5 Å². The van der Waals surface area contributed by atoms with E-state index in [0.29, 0.717) is 18.7 Å². The standard InChI is InChI=1S/C27H29F2N3O2/c28-21-11-12-23(29)22(16-21)20-15-24(18-7-3-1-4-8-18)32(17-20)26(33)25(19-9-10-19)30-27(34)31-13-5-2-6-14-31/h1,3-4,7-8,11-12,15-16,19,24-25H,2,5-6,9-10,13-14,17H2,(H,30,34)/t24-,25-/m0/s1. The molecule has 3 aliphatic rings. The summed E-state index contributed by atoms with van der Waals surface area (Å²) in [6.45, 7) is 1.57. The second-order valence-electron chi connectivity index (χ2n) is 9.45. The highest BCUT2D eigenvalue weighted by molar-refractivity contribution is 5.90. The number of hydrogen-bond acceptors (Lipinski definition) is 2. The normalized spacial score (nSPS) is 21.2. The lowest BCUT2D eigenvalue weighted by atomic mass is 10.0. The summed E-state index contributed by atoms with van der Waals surface area (Å²) in [5, 5.41) is 3.01. The number of amides is 3. The summed E-state index contributed by atoms with van der Waals surface area (Å²) in [7, 11) is 0. The van der Waals surface area contributed by atoms with Crippen LogP contribution < -0.4 is 5.32 Å². The van der Waals surface area contributed by atoms with Gasteiger partial charge in [-0.15, -0.1) is 0 Å². The smallest absolute Gasteiger partial charge is 0.318 e. The summed E-state index contributed by atoms with van der Waals surface area (Å²) in [4.78, 5) is 30.2. The van der Waals surface area contributed by atoms with Gasteiger partial charge in [0.25, 0.3) is 0 Å². The van der Waals surface area contributed by atoms with E-state index in [-0.39, 0.29) is 30.0 Å². The van der Waals surface area contributed by atoms with Gasteiger partial charge in [-0.2, -0.15) is 0 Å². The molecule has 1 saturated heterocycles. The number of likely N-dealkylation sites (tertiary alicyclic amines) is 1. The van der Waals surface area contributed by atoms with E-state index in [1.807, 2.05) is 36.4 Å². The number of rotatable bonds is 5. The number of benzene rings is 2. The fraction of sp³-hybridized carbons (Fsp3) is 0.407. The number of urea groups is 1. The van der Waals surface area contributed by atoms with Crippen molar-refractivity contribution in [2.45, 2.75) is 44.2 Å². The average Bonchev–Trinajstić information content (AvgIpc) is 3.62. The SMILES string of the molecule is O=C(N[C@H](C(=O)N1CC(c2cc(F)ccc2F)=C[C@H]1c1ccccc1)C1CC1)N1CCCCC1. The molecule has 5 rings (SSSR count). The van der Waals surface area contributed by atoms with Crippen molar-refractivity contribution in [1.29, 1.82) is 0 Å². The Bertz CT molecular complexity index is 1090. The molecule has 2 aliphatic heterocycles. The van der Waals surface area contributed by atoms with Gasteiger partial charge in [-0.1, -0.05) is 36.4 Å². The van der Waals surface area contributed by atoms with Crippen LogP contribution in [0.2, 0.25) is 0 Å². The molecular weight excluding hydrogens is 436 g/mol. The van der Waals surface area contributed by atoms with E-state index in [9.17, 15) is 18.4 Å². The first kappa shape index (κ1) is 22.6. The molecule has 1 N–H and O–H groups in total. The predicted molar refractivity (Wildman–Crippen MR) is 126 cm³/mol. The molecule has 178 valence electrons. The van der Waals surface area contributed by atoms with Crippen molar-refractivity contribution in [3.05, 3.63) is 77.4 Å². The summed E-state index contributed by atoms with van der Waals surface area (Å²) < 4.78 is 28.5. The molecule has 2 fully saturated rings. The van der Waals surface area contributed by atoms with E-state index in [1.54, 1.807) is 9.80 Å². The number of nitrogens with zero attached hydrogens (tertiary/aromatic N) is 2. The third-order valence-electron chi connectivity index (χ3n) is 7.02. The van der Waals surface area contributed by atoms with Gasteiger partial charge in [0.2, 0.25) is 5.91 Å². The van der Waals surface area contributed by atoms with Gasteiger partial charge in [0.15, 0.2) is 0 Å². The molecule has 2 aromatic carbocycles. The first-order valence-corrected chi connectivity index (χ1v) is 12.1. The quantitative estimate of drug-likeness (QED) is 0.683. The number of carbonyl (C=O) groups is 2. The maximum atomic E-state index is 14.6. The first-order valence-electron chi connectivity index (χ1n) is 12.1. The Labute approximate surface area is 198 Å². The summed E-state index contributed by atoms with van der Waals surface area (Å²) in [6, 6.07) is 11.7. The Morgan fingerprint density at radius 2 is 1.71 bits per heavy atom. The minimum Gasteiger partial charge on any atom is -0.326 e. The minimum atomic E-state index is -0.620. The van der Waals surface area contributed by atoms with Gasteiger partial charge < -0.3 is 15.1 Å². The minimum absolute atomic E-state index is 0.104. The molecule has 1 saturated carbocycles. The lowest BCUT2D eigenvalue weighted by Gasteiger charge is -2.32. The Morgan fingerprint density at radius 1 is 0.971 bits per heavy atom. The molecule has 34 heavy (non-hydrogen) atoms. The van der Waals surface area contributed by atoms with E-state index in [0.717, 1.165) is 49.8 Å². The molecule has 7 heteroatoms. The lowest BCUT2D eigenvalue weighted by Crippen LogP contribution is -2.54. The largest absolute Gasteiger partial charge is 0.326 e. The van der Waals surface area contributed by atoms with Crippen LogP contribution in [0.15, 0.2) is 54.6 Å². The highest BCUT2D eigenvalue weighted by Gasteiger charge is 2.43. The second-order valence-corrected chi connectivity index (χ2v) is 9.45. The van der Waals surface area contributed by atoms with Crippen LogP contribution in [0.3, 0.4) is 0 Å². The van der Waals surface area contributed by atoms with Gasteiger partial charge >= 0.3 is 6.03 Å². The number of halogens is 2. The molecule has 2 heterocycles. The maximum absolute atomic E-state index is 14.6. The van der Waals surface area contributed by atoms with E-state index in [2.05, 4.69) is 5.32 Å². The first-order chi connectivity index (χ1) is 16.5. The van der Waals surface area contributed by atoms with Crippen LogP contribution in [0.4, 0.5) is 13.6 Å². The summed E-state index contributed by atoms with van der Waals surface area (Å²) in [5.74, 6) is -1.12. The fourth-order valence-corrected chi connectivity index (χ4v) is 4.99. The molecule has 0 unspecified atom stereocenters. The number of hydrogen-bond donors (Lipinski definition) is 1. The summed E-state index contributed by atoms with van der Waals surface area (Å²) in [5.41, 5.74) is 1.62. The van der Waals surface area contributed by atoms with Gasteiger partial charge in [0.1, 0.15) is 17.7 Å². The highest BCUT2D eigenvalue weighted by Crippen LogP contribution is 2.39. The monoisotopic (exact) mass is 465 g/mol. The van der Waals surface area contributed by atoms with E-state index in [1.165, 1.54) is 6.07 Å². The van der Waals surface area contributed by atoms with Crippen LogP contribution in [-0.2, 0) is 4.79 Å². The Kier molecular flexibility index (Phi) is 6.35. The topological polar surface area (TPSA) is 52.7 Å². The van der Waals surface area contributed by atoms with Gasteiger partial charge in [0, 0.05) is 25.2 Å². The van der Waals surface area contributed by atoms with Crippen LogP contribution in [-0.4, -0.2) is 47.4 Å². The van der Waals surface area contributed by atoms with Crippen molar-refractivity contribution < 1.29 is 18.4 Å². The predicted octanol–water partition coefficient (Wildman–Crippen LogP) is 4.91. The summed E-state index contributed by atoms with van der Waals surface area (Å²) >= 11 is 0. The Morgan fingerprint density at radius 3 is 2.41 bits per heavy atom. The van der Waals surface area contributed by atoms with Crippen molar-refractivity contribution in [3.63, 3.8) is 0 Å². The van der Waals surface area contributed by atoms with Crippen LogP contribution >= 0.6 is 0 Å². The van der Waals surface area contributed by atoms with Gasteiger partial charge in [-0.05, 0) is 67.4 Å². The van der Waals surface area contributed by atoms with Crippen LogP contribution in [0, 0.1) is 17.6 Å². The molecule has 0 spiro atoms. The average molecular weight is 466 g/mol. The molecule has 2 aromatic rings. The lowest BCUT2D eigenvalue weighted by molar-refractivity contribution is -0.134. The molecular formula is C27H29F2N3O2. The van der Waals surface area contributed by atoms with Gasteiger partial charge in [-0.3, -0.25) is 4.79 Å². The summed E-state index contributed by atoms with van der Waals surface area (Å²) in [6.07, 6.45) is 6.68. The zero-order valence-corrected chi connectivity index (χ0v) is 19.1. The number of carbonyl (C=O) groups excluding carboxylic acids is 2. The van der Waals surface area contributed by atoms with E-state index < -0.39 is 23.7 Å². The molecule has 1 aliphatic carbocycles. The number of nitrogens with one attached hydrogen (secondary N) is 1. The molecule has 0 radical (unpaired) electrons. The van der Waals surface area contributed by atoms with E-state index >= 15 is 0 Å². The van der Waals surface area contributed by atoms with Crippen molar-refractivity contribution in [2.24, 2.45) is 5.92 Å².